The monoisotopic (exact) mass is 336 g/mol. The summed E-state index contributed by atoms with van der Waals surface area (Å²) in [5.41, 5.74) is 1.28. The largest absolute Gasteiger partial charge is 0.448 e. The van der Waals surface area contributed by atoms with Crippen LogP contribution in [0.2, 0.25) is 10.2 Å². The van der Waals surface area contributed by atoms with Gasteiger partial charge >= 0.3 is 0 Å². The van der Waals surface area contributed by atoms with E-state index in [2.05, 4.69) is 15.9 Å². The molecule has 5 heteroatoms. The smallest absolute Gasteiger partial charge is 0.193 e. The zero-order valence-electron chi connectivity index (χ0n) is 8.81. The molecule has 0 aliphatic rings. The van der Waals surface area contributed by atoms with E-state index in [9.17, 15) is 4.39 Å². The van der Waals surface area contributed by atoms with Crippen molar-refractivity contribution in [3.05, 3.63) is 57.2 Å². The number of hydrogen-bond donors (Lipinski definition) is 0. The molecule has 0 radical (unpaired) electrons. The lowest BCUT2D eigenvalue weighted by atomic mass is 10.1. The third-order valence-electron chi connectivity index (χ3n) is 2.39. The quantitative estimate of drug-likeness (QED) is 0.658. The van der Waals surface area contributed by atoms with E-state index in [-0.39, 0.29) is 10.6 Å². The van der Waals surface area contributed by atoms with Crippen LogP contribution < -0.4 is 0 Å². The van der Waals surface area contributed by atoms with Crippen molar-refractivity contribution in [1.29, 1.82) is 0 Å². The standard InChI is InChI=1S/C12H8BrCl2FO/c1-6-4-7(8(14)5-9(6)16)12(13)10-2-3-11(15)17-10/h2-5,12H,1H3. The molecule has 0 bridgehead atoms. The van der Waals surface area contributed by atoms with Gasteiger partial charge in [-0.05, 0) is 47.9 Å². The highest BCUT2D eigenvalue weighted by Gasteiger charge is 2.18. The second kappa shape index (κ2) is 5.01. The van der Waals surface area contributed by atoms with Crippen LogP contribution in [-0.2, 0) is 0 Å². The lowest BCUT2D eigenvalue weighted by Crippen LogP contribution is -1.95. The normalized spacial score (nSPS) is 12.8. The topological polar surface area (TPSA) is 13.1 Å². The van der Waals surface area contributed by atoms with Gasteiger partial charge in [0.15, 0.2) is 5.22 Å². The molecular weight excluding hydrogens is 330 g/mol. The first-order valence-electron chi connectivity index (χ1n) is 4.84. The van der Waals surface area contributed by atoms with Crippen LogP contribution in [0.25, 0.3) is 0 Å². The van der Waals surface area contributed by atoms with Gasteiger partial charge in [-0.15, -0.1) is 0 Å². The van der Waals surface area contributed by atoms with Crippen molar-refractivity contribution < 1.29 is 8.81 Å². The van der Waals surface area contributed by atoms with Crippen molar-refractivity contribution >= 4 is 39.1 Å². The maximum absolute atomic E-state index is 13.3. The van der Waals surface area contributed by atoms with Crippen molar-refractivity contribution in [2.24, 2.45) is 0 Å². The third-order valence-corrected chi connectivity index (χ3v) is 3.87. The van der Waals surface area contributed by atoms with Crippen LogP contribution in [0.1, 0.15) is 21.7 Å². The first-order valence-corrected chi connectivity index (χ1v) is 6.51. The Labute approximate surface area is 117 Å². The SMILES string of the molecule is Cc1cc(C(Br)c2ccc(Cl)o2)c(Cl)cc1F. The Balaban J connectivity index is 2.43. The number of halogens is 4. The average Bonchev–Trinajstić information content (AvgIpc) is 2.69. The van der Waals surface area contributed by atoms with Crippen molar-refractivity contribution in [3.63, 3.8) is 0 Å². The van der Waals surface area contributed by atoms with E-state index in [1.54, 1.807) is 25.1 Å². The zero-order chi connectivity index (χ0) is 12.6. The molecule has 2 rings (SSSR count). The fourth-order valence-electron chi connectivity index (χ4n) is 1.49. The molecule has 1 nitrogen and oxygen atoms in total. The van der Waals surface area contributed by atoms with Crippen molar-refractivity contribution in [2.45, 2.75) is 11.8 Å². The third kappa shape index (κ3) is 2.67. The van der Waals surface area contributed by atoms with E-state index in [0.717, 1.165) is 5.56 Å². The van der Waals surface area contributed by atoms with Gasteiger partial charge < -0.3 is 4.42 Å². The molecule has 0 saturated carbocycles. The Hall–Kier alpha value is -0.510. The Morgan fingerprint density at radius 1 is 1.29 bits per heavy atom. The van der Waals surface area contributed by atoms with Crippen LogP contribution in [0.5, 0.6) is 0 Å². The molecule has 17 heavy (non-hydrogen) atoms. The lowest BCUT2D eigenvalue weighted by molar-refractivity contribution is 0.521. The first kappa shape index (κ1) is 12.9. The molecule has 0 spiro atoms. The molecule has 1 aromatic heterocycles. The lowest BCUT2D eigenvalue weighted by Gasteiger charge is -2.11. The van der Waals surface area contributed by atoms with E-state index < -0.39 is 0 Å². The Morgan fingerprint density at radius 2 is 2.00 bits per heavy atom. The Morgan fingerprint density at radius 3 is 2.59 bits per heavy atom. The summed E-state index contributed by atoms with van der Waals surface area (Å²) < 4.78 is 18.6. The minimum atomic E-state index is -0.323. The predicted octanol–water partition coefficient (Wildman–Crippen LogP) is 5.52. The summed E-state index contributed by atoms with van der Waals surface area (Å²) >= 11 is 15.2. The molecule has 90 valence electrons. The predicted molar refractivity (Wildman–Crippen MR) is 70.6 cm³/mol. The van der Waals surface area contributed by atoms with E-state index in [1.807, 2.05) is 0 Å². The van der Waals surface area contributed by atoms with Crippen LogP contribution in [0, 0.1) is 12.7 Å². The summed E-state index contributed by atoms with van der Waals surface area (Å²) in [6.45, 7) is 1.68. The number of rotatable bonds is 2. The van der Waals surface area contributed by atoms with E-state index in [1.165, 1.54) is 6.07 Å². The summed E-state index contributed by atoms with van der Waals surface area (Å²) in [5, 5.41) is 0.655. The summed E-state index contributed by atoms with van der Waals surface area (Å²) in [6, 6.07) is 6.38. The van der Waals surface area contributed by atoms with E-state index in [4.69, 9.17) is 27.6 Å². The second-order valence-corrected chi connectivity index (χ2v) is 5.32. The van der Waals surface area contributed by atoms with Crippen LogP contribution >= 0.6 is 39.1 Å². The summed E-state index contributed by atoms with van der Waals surface area (Å²) in [5.74, 6) is 0.304. The fourth-order valence-corrected chi connectivity index (χ4v) is 2.66. The van der Waals surface area contributed by atoms with Crippen molar-refractivity contribution in [3.8, 4) is 0 Å². The number of furan rings is 1. The Bertz CT molecular complexity index is 553. The van der Waals surface area contributed by atoms with Crippen molar-refractivity contribution in [1.82, 2.24) is 0 Å². The Kier molecular flexibility index (Phi) is 3.81. The van der Waals surface area contributed by atoms with Gasteiger partial charge in [-0.25, -0.2) is 4.39 Å². The molecule has 1 atom stereocenters. The molecule has 0 aliphatic carbocycles. The summed E-state index contributed by atoms with van der Waals surface area (Å²) in [6.07, 6.45) is 0. The van der Waals surface area contributed by atoms with Gasteiger partial charge in [0.1, 0.15) is 11.6 Å². The molecule has 2 aromatic rings. The molecule has 1 aromatic carbocycles. The number of aryl methyl sites for hydroxylation is 1. The molecule has 0 N–H and O–H groups in total. The number of benzene rings is 1. The maximum atomic E-state index is 13.3. The first-order chi connectivity index (χ1) is 7.99. The van der Waals surface area contributed by atoms with Gasteiger partial charge in [-0.2, -0.15) is 0 Å². The molecule has 0 amide bonds. The second-order valence-electron chi connectivity index (χ2n) is 3.63. The molecule has 1 heterocycles. The highest BCUT2D eigenvalue weighted by Crippen LogP contribution is 2.37. The van der Waals surface area contributed by atoms with Gasteiger partial charge in [0.25, 0.3) is 0 Å². The molecular formula is C12H8BrCl2FO. The van der Waals surface area contributed by atoms with Crippen molar-refractivity contribution in [2.75, 3.05) is 0 Å². The van der Waals surface area contributed by atoms with Crippen LogP contribution in [-0.4, -0.2) is 0 Å². The minimum Gasteiger partial charge on any atom is -0.448 e. The highest BCUT2D eigenvalue weighted by molar-refractivity contribution is 9.09. The van der Waals surface area contributed by atoms with Gasteiger partial charge in [-0.3, -0.25) is 0 Å². The van der Waals surface area contributed by atoms with Gasteiger partial charge in [0, 0.05) is 5.02 Å². The van der Waals surface area contributed by atoms with E-state index in [0.29, 0.717) is 21.6 Å². The average molecular weight is 338 g/mol. The van der Waals surface area contributed by atoms with Crippen LogP contribution in [0.15, 0.2) is 28.7 Å². The van der Waals surface area contributed by atoms with Crippen LogP contribution in [0.3, 0.4) is 0 Å². The molecule has 0 saturated heterocycles. The fraction of sp³-hybridized carbons (Fsp3) is 0.167. The summed E-state index contributed by atoms with van der Waals surface area (Å²) in [4.78, 5) is -0.248. The maximum Gasteiger partial charge on any atom is 0.193 e. The van der Waals surface area contributed by atoms with E-state index >= 15 is 0 Å². The molecule has 1 unspecified atom stereocenters. The summed E-state index contributed by atoms with van der Waals surface area (Å²) in [7, 11) is 0. The molecule has 0 aliphatic heterocycles. The van der Waals surface area contributed by atoms with Gasteiger partial charge in [0.2, 0.25) is 0 Å². The van der Waals surface area contributed by atoms with Gasteiger partial charge in [0.05, 0.1) is 4.83 Å². The number of alkyl halides is 1. The minimum absolute atomic E-state index is 0.248. The van der Waals surface area contributed by atoms with Crippen LogP contribution in [0.4, 0.5) is 4.39 Å². The number of hydrogen-bond acceptors (Lipinski definition) is 1. The molecule has 0 fully saturated rings. The van der Waals surface area contributed by atoms with Gasteiger partial charge in [-0.1, -0.05) is 33.6 Å². The highest BCUT2D eigenvalue weighted by atomic mass is 79.9. The zero-order valence-corrected chi connectivity index (χ0v) is 11.9.